The van der Waals surface area contributed by atoms with Crippen molar-refractivity contribution in [3.8, 4) is 33.9 Å². The molecule has 7 nitrogen and oxygen atoms in total. The van der Waals surface area contributed by atoms with Crippen molar-refractivity contribution in [3.05, 3.63) is 84.3 Å². The number of imidazole rings is 1. The number of benzene rings is 2. The van der Waals surface area contributed by atoms with Crippen LogP contribution in [-0.2, 0) is 6.54 Å². The van der Waals surface area contributed by atoms with Crippen LogP contribution < -0.4 is 0 Å². The van der Waals surface area contributed by atoms with Crippen molar-refractivity contribution < 1.29 is 8.78 Å². The third-order valence-electron chi connectivity index (χ3n) is 7.09. The van der Waals surface area contributed by atoms with Crippen LogP contribution in [0.25, 0.3) is 55.8 Å². The molecular formula is C29H23F2N7. The van der Waals surface area contributed by atoms with E-state index in [0.717, 1.165) is 36.3 Å². The molecule has 1 aliphatic rings. The van der Waals surface area contributed by atoms with E-state index >= 15 is 4.39 Å². The predicted molar refractivity (Wildman–Crippen MR) is 142 cm³/mol. The normalized spacial score (nSPS) is 14.2. The van der Waals surface area contributed by atoms with Gasteiger partial charge in [-0.15, -0.1) is 0 Å². The van der Waals surface area contributed by atoms with Crippen molar-refractivity contribution in [2.24, 2.45) is 0 Å². The fourth-order valence-electron chi connectivity index (χ4n) is 5.28. The summed E-state index contributed by atoms with van der Waals surface area (Å²) in [5.74, 6) is -0.404. The number of H-pyrrole nitrogens is 2. The zero-order chi connectivity index (χ0) is 25.6. The summed E-state index contributed by atoms with van der Waals surface area (Å²) in [6.45, 7) is 2.92. The summed E-state index contributed by atoms with van der Waals surface area (Å²) in [5.41, 5.74) is 5.55. The van der Waals surface area contributed by atoms with Crippen LogP contribution in [0.3, 0.4) is 0 Å². The van der Waals surface area contributed by atoms with Crippen molar-refractivity contribution in [2.75, 3.05) is 13.1 Å². The maximum Gasteiger partial charge on any atom is 0.161 e. The van der Waals surface area contributed by atoms with E-state index in [1.807, 2.05) is 36.5 Å². The highest BCUT2D eigenvalue weighted by molar-refractivity contribution is 5.98. The molecule has 4 aromatic heterocycles. The molecule has 188 valence electrons. The summed E-state index contributed by atoms with van der Waals surface area (Å²) < 4.78 is 30.0. The van der Waals surface area contributed by atoms with Gasteiger partial charge in [0.05, 0.1) is 28.1 Å². The molecule has 0 amide bonds. The number of hydrogen-bond acceptors (Lipinski definition) is 5. The van der Waals surface area contributed by atoms with E-state index in [1.165, 1.54) is 25.0 Å². The molecule has 5 heterocycles. The van der Waals surface area contributed by atoms with E-state index in [1.54, 1.807) is 18.5 Å². The molecule has 1 aliphatic heterocycles. The van der Waals surface area contributed by atoms with Gasteiger partial charge in [-0.1, -0.05) is 24.3 Å². The first-order valence-corrected chi connectivity index (χ1v) is 12.6. The first kappa shape index (κ1) is 22.7. The second kappa shape index (κ2) is 9.11. The van der Waals surface area contributed by atoms with E-state index in [9.17, 15) is 4.39 Å². The number of aromatic amines is 2. The van der Waals surface area contributed by atoms with Crippen LogP contribution in [0.5, 0.6) is 0 Å². The number of pyridine rings is 2. The zero-order valence-electron chi connectivity index (χ0n) is 20.4. The molecule has 0 saturated carbocycles. The lowest BCUT2D eigenvalue weighted by molar-refractivity contribution is 0.331. The van der Waals surface area contributed by atoms with Gasteiger partial charge in [-0.3, -0.25) is 20.0 Å². The quantitative estimate of drug-likeness (QED) is 0.294. The number of fused-ring (bicyclic) bond motifs is 2. The molecule has 1 fully saturated rings. The van der Waals surface area contributed by atoms with Crippen molar-refractivity contribution >= 4 is 21.9 Å². The van der Waals surface area contributed by atoms with E-state index in [4.69, 9.17) is 4.98 Å². The first-order chi connectivity index (χ1) is 18.6. The van der Waals surface area contributed by atoms with Gasteiger partial charge in [0.15, 0.2) is 11.6 Å². The number of halogens is 2. The molecule has 6 aromatic rings. The Kier molecular flexibility index (Phi) is 5.44. The number of hydrogen-bond donors (Lipinski definition) is 2. The Morgan fingerprint density at radius 1 is 0.868 bits per heavy atom. The van der Waals surface area contributed by atoms with E-state index in [-0.39, 0.29) is 11.5 Å². The summed E-state index contributed by atoms with van der Waals surface area (Å²) in [6.07, 6.45) is 7.45. The Balaban J connectivity index is 1.31. The Hall–Kier alpha value is -4.50. The third-order valence-corrected chi connectivity index (χ3v) is 7.09. The third kappa shape index (κ3) is 3.92. The van der Waals surface area contributed by atoms with Gasteiger partial charge in [-0.05, 0) is 61.3 Å². The topological polar surface area (TPSA) is 86.4 Å². The smallest absolute Gasteiger partial charge is 0.161 e. The number of para-hydroxylation sites is 1. The molecule has 38 heavy (non-hydrogen) atoms. The fourth-order valence-corrected chi connectivity index (χ4v) is 5.28. The van der Waals surface area contributed by atoms with Gasteiger partial charge in [0.1, 0.15) is 17.2 Å². The number of aromatic nitrogens is 6. The molecule has 2 N–H and O–H groups in total. The maximum absolute atomic E-state index is 16.1. The van der Waals surface area contributed by atoms with E-state index in [2.05, 4.69) is 30.0 Å². The fraction of sp³-hybridized carbons (Fsp3) is 0.172. The van der Waals surface area contributed by atoms with Gasteiger partial charge < -0.3 is 4.98 Å². The summed E-state index contributed by atoms with van der Waals surface area (Å²) in [6, 6.07) is 14.0. The summed E-state index contributed by atoms with van der Waals surface area (Å²) >= 11 is 0. The molecule has 2 aromatic carbocycles. The molecule has 0 radical (unpaired) electrons. The van der Waals surface area contributed by atoms with Crippen LogP contribution in [0, 0.1) is 11.6 Å². The predicted octanol–water partition coefficient (Wildman–Crippen LogP) is 6.10. The highest BCUT2D eigenvalue weighted by Crippen LogP contribution is 2.34. The lowest BCUT2D eigenvalue weighted by Crippen LogP contribution is -2.18. The van der Waals surface area contributed by atoms with Crippen LogP contribution in [0.4, 0.5) is 8.78 Å². The average molecular weight is 508 g/mol. The highest BCUT2D eigenvalue weighted by atomic mass is 19.1. The van der Waals surface area contributed by atoms with Gasteiger partial charge in [0.25, 0.3) is 0 Å². The first-order valence-electron chi connectivity index (χ1n) is 12.6. The summed E-state index contributed by atoms with van der Waals surface area (Å²) in [5, 5.41) is 7.55. The molecule has 0 unspecified atom stereocenters. The van der Waals surface area contributed by atoms with Gasteiger partial charge in [0.2, 0.25) is 0 Å². The number of likely N-dealkylation sites (tertiary alicyclic amines) is 1. The molecule has 0 spiro atoms. The minimum Gasteiger partial charge on any atom is -0.337 e. The Labute approximate surface area is 216 Å². The van der Waals surface area contributed by atoms with Crippen LogP contribution >= 0.6 is 0 Å². The van der Waals surface area contributed by atoms with Gasteiger partial charge in [-0.2, -0.15) is 5.10 Å². The number of rotatable bonds is 5. The largest absolute Gasteiger partial charge is 0.337 e. The molecule has 7 rings (SSSR count). The monoisotopic (exact) mass is 507 g/mol. The molecule has 9 heteroatoms. The van der Waals surface area contributed by atoms with Crippen molar-refractivity contribution in [1.82, 2.24) is 35.0 Å². The second-order valence-corrected chi connectivity index (χ2v) is 9.64. The zero-order valence-corrected chi connectivity index (χ0v) is 20.4. The minimum absolute atomic E-state index is 0.215. The Morgan fingerprint density at radius 2 is 1.74 bits per heavy atom. The molecule has 1 saturated heterocycles. The van der Waals surface area contributed by atoms with Gasteiger partial charge in [-0.25, -0.2) is 13.8 Å². The number of nitrogens with zero attached hydrogens (tertiary/aromatic N) is 5. The standard InChI is InChI=1S/C29H23F2N7/c30-20-6-3-5-18(12-20)21-7-4-8-22-27(21)35-29(34-22)28-24-23(36-37-28)15-33-26(25(24)31)19-11-17(13-32-14-19)16-38-9-1-2-10-38/h3-8,11-15H,1-2,9-10,16H2,(H,34,35)(H,36,37). The van der Waals surface area contributed by atoms with Crippen LogP contribution in [-0.4, -0.2) is 48.1 Å². The second-order valence-electron chi connectivity index (χ2n) is 9.64. The van der Waals surface area contributed by atoms with Crippen LogP contribution in [0.1, 0.15) is 18.4 Å². The lowest BCUT2D eigenvalue weighted by Gasteiger charge is -2.14. The number of nitrogens with one attached hydrogen (secondary N) is 2. The highest BCUT2D eigenvalue weighted by Gasteiger charge is 2.22. The Bertz CT molecular complexity index is 1800. The minimum atomic E-state index is -0.489. The van der Waals surface area contributed by atoms with Gasteiger partial charge >= 0.3 is 0 Å². The van der Waals surface area contributed by atoms with E-state index in [0.29, 0.717) is 39.1 Å². The maximum atomic E-state index is 16.1. The SMILES string of the molecule is Fc1cccc(-c2cccc3[nH]c(-c4n[nH]c5cnc(-c6cncc(CN7CCCC7)c6)c(F)c45)nc23)c1. The van der Waals surface area contributed by atoms with E-state index < -0.39 is 5.82 Å². The van der Waals surface area contributed by atoms with Crippen molar-refractivity contribution in [1.29, 1.82) is 0 Å². The Morgan fingerprint density at radius 3 is 2.61 bits per heavy atom. The molecule has 0 bridgehead atoms. The molecule has 0 aliphatic carbocycles. The summed E-state index contributed by atoms with van der Waals surface area (Å²) in [7, 11) is 0. The van der Waals surface area contributed by atoms with Gasteiger partial charge in [0, 0.05) is 30.1 Å². The van der Waals surface area contributed by atoms with Crippen LogP contribution in [0.15, 0.2) is 67.1 Å². The van der Waals surface area contributed by atoms with Crippen molar-refractivity contribution in [2.45, 2.75) is 19.4 Å². The van der Waals surface area contributed by atoms with Crippen molar-refractivity contribution in [3.63, 3.8) is 0 Å². The average Bonchev–Trinajstić information content (AvgIpc) is 3.68. The lowest BCUT2D eigenvalue weighted by atomic mass is 10.0. The molecule has 0 atom stereocenters. The van der Waals surface area contributed by atoms with Crippen LogP contribution in [0.2, 0.25) is 0 Å². The summed E-state index contributed by atoms with van der Waals surface area (Å²) in [4.78, 5) is 19.2. The molecular weight excluding hydrogens is 484 g/mol.